The maximum atomic E-state index is 5.77. The second-order valence-electron chi connectivity index (χ2n) is 6.27. The minimum Gasteiger partial charge on any atom is -0.370 e. The first-order chi connectivity index (χ1) is 9.59. The first-order valence-electron chi connectivity index (χ1n) is 7.68. The number of aromatic nitrogens is 2. The van der Waals surface area contributed by atoms with Gasteiger partial charge in [-0.3, -0.25) is 0 Å². The predicted molar refractivity (Wildman–Crippen MR) is 77.2 cm³/mol. The Morgan fingerprint density at radius 2 is 2.15 bits per heavy atom. The fraction of sp³-hybridized carbons (Fsp3) is 0.867. The largest absolute Gasteiger partial charge is 0.370 e. The molecular formula is C15H27N3O2. The molecule has 0 spiro atoms. The standard InChI is InChI=1S/C15H27N3O2/c1-11-6-8-15(19-3,9-7-11)14-17-13(20-18-14)5-4-12(2)10-16/h11-12H,4-10,16H2,1-3H3. The van der Waals surface area contributed by atoms with E-state index in [0.717, 1.165) is 50.3 Å². The average molecular weight is 281 g/mol. The van der Waals surface area contributed by atoms with Crippen molar-refractivity contribution < 1.29 is 9.26 Å². The van der Waals surface area contributed by atoms with Crippen molar-refractivity contribution in [2.24, 2.45) is 17.6 Å². The first-order valence-corrected chi connectivity index (χ1v) is 7.68. The molecule has 5 nitrogen and oxygen atoms in total. The smallest absolute Gasteiger partial charge is 0.226 e. The Kier molecular flexibility index (Phi) is 5.16. The molecule has 1 heterocycles. The Balaban J connectivity index is 2.02. The third kappa shape index (κ3) is 3.38. The van der Waals surface area contributed by atoms with Crippen LogP contribution in [0.5, 0.6) is 0 Å². The van der Waals surface area contributed by atoms with Crippen LogP contribution < -0.4 is 5.73 Å². The van der Waals surface area contributed by atoms with Gasteiger partial charge in [-0.2, -0.15) is 4.98 Å². The summed E-state index contributed by atoms with van der Waals surface area (Å²) in [5.41, 5.74) is 5.29. The highest BCUT2D eigenvalue weighted by molar-refractivity contribution is 5.04. The van der Waals surface area contributed by atoms with E-state index in [1.807, 2.05) is 0 Å². The number of methoxy groups -OCH3 is 1. The molecule has 1 aromatic heterocycles. The quantitative estimate of drug-likeness (QED) is 0.867. The number of hydrogen-bond acceptors (Lipinski definition) is 5. The van der Waals surface area contributed by atoms with Crippen LogP contribution >= 0.6 is 0 Å². The summed E-state index contributed by atoms with van der Waals surface area (Å²) in [6.07, 6.45) is 6.03. The highest BCUT2D eigenvalue weighted by atomic mass is 16.5. The zero-order valence-electron chi connectivity index (χ0n) is 12.9. The van der Waals surface area contributed by atoms with Gasteiger partial charge in [-0.05, 0) is 50.5 Å². The van der Waals surface area contributed by atoms with E-state index >= 15 is 0 Å². The van der Waals surface area contributed by atoms with Crippen LogP contribution in [0.4, 0.5) is 0 Å². The van der Waals surface area contributed by atoms with Crippen molar-refractivity contribution in [3.63, 3.8) is 0 Å². The molecule has 0 saturated heterocycles. The molecule has 1 atom stereocenters. The molecule has 2 N–H and O–H groups in total. The molecule has 1 saturated carbocycles. The molecular weight excluding hydrogens is 254 g/mol. The summed E-state index contributed by atoms with van der Waals surface area (Å²) in [7, 11) is 1.75. The summed E-state index contributed by atoms with van der Waals surface area (Å²) in [6.45, 7) is 5.12. The molecule has 20 heavy (non-hydrogen) atoms. The number of nitrogens with zero attached hydrogens (tertiary/aromatic N) is 2. The van der Waals surface area contributed by atoms with Crippen LogP contribution in [-0.4, -0.2) is 23.8 Å². The van der Waals surface area contributed by atoms with Crippen LogP contribution in [0.3, 0.4) is 0 Å². The number of nitrogens with two attached hydrogens (primary N) is 1. The molecule has 0 bridgehead atoms. The topological polar surface area (TPSA) is 74.2 Å². The van der Waals surface area contributed by atoms with Crippen LogP contribution in [-0.2, 0) is 16.8 Å². The SMILES string of the molecule is COC1(c2noc(CCC(C)CN)n2)CCC(C)CC1. The third-order valence-corrected chi connectivity index (χ3v) is 4.60. The van der Waals surface area contributed by atoms with Gasteiger partial charge in [0.1, 0.15) is 5.60 Å². The summed E-state index contributed by atoms with van der Waals surface area (Å²) in [5, 5.41) is 4.17. The predicted octanol–water partition coefficient (Wildman–Crippen LogP) is 2.65. The van der Waals surface area contributed by atoms with Gasteiger partial charge in [0, 0.05) is 13.5 Å². The molecule has 114 valence electrons. The lowest BCUT2D eigenvalue weighted by atomic mass is 9.79. The van der Waals surface area contributed by atoms with E-state index in [2.05, 4.69) is 24.0 Å². The Bertz CT molecular complexity index is 411. The van der Waals surface area contributed by atoms with Crippen molar-refractivity contribution in [3.8, 4) is 0 Å². The van der Waals surface area contributed by atoms with Crippen molar-refractivity contribution in [3.05, 3.63) is 11.7 Å². The van der Waals surface area contributed by atoms with Crippen LogP contribution in [0, 0.1) is 11.8 Å². The van der Waals surface area contributed by atoms with E-state index in [1.54, 1.807) is 7.11 Å². The van der Waals surface area contributed by atoms with Crippen molar-refractivity contribution >= 4 is 0 Å². The third-order valence-electron chi connectivity index (χ3n) is 4.60. The van der Waals surface area contributed by atoms with E-state index in [0.29, 0.717) is 18.4 Å². The van der Waals surface area contributed by atoms with Crippen LogP contribution in [0.1, 0.15) is 57.7 Å². The lowest BCUT2D eigenvalue weighted by molar-refractivity contribution is -0.0609. The van der Waals surface area contributed by atoms with Gasteiger partial charge in [0.25, 0.3) is 0 Å². The van der Waals surface area contributed by atoms with Gasteiger partial charge in [0.2, 0.25) is 11.7 Å². The molecule has 0 aliphatic heterocycles. The molecule has 0 amide bonds. The zero-order chi connectivity index (χ0) is 14.6. The van der Waals surface area contributed by atoms with Gasteiger partial charge in [-0.1, -0.05) is 19.0 Å². The molecule has 2 rings (SSSR count). The minimum atomic E-state index is -0.340. The van der Waals surface area contributed by atoms with E-state index in [1.165, 1.54) is 0 Å². The summed E-state index contributed by atoms with van der Waals surface area (Å²) in [4.78, 5) is 4.56. The second kappa shape index (κ2) is 6.68. The Morgan fingerprint density at radius 3 is 2.75 bits per heavy atom. The van der Waals surface area contributed by atoms with E-state index in [4.69, 9.17) is 15.0 Å². The molecule has 0 aromatic carbocycles. The number of aryl methyl sites for hydroxylation is 1. The minimum absolute atomic E-state index is 0.340. The van der Waals surface area contributed by atoms with Gasteiger partial charge < -0.3 is 15.0 Å². The number of hydrogen-bond donors (Lipinski definition) is 1. The van der Waals surface area contributed by atoms with E-state index in [9.17, 15) is 0 Å². The van der Waals surface area contributed by atoms with Crippen LogP contribution in [0.2, 0.25) is 0 Å². The molecule has 5 heteroatoms. The zero-order valence-corrected chi connectivity index (χ0v) is 12.9. The molecule has 0 radical (unpaired) electrons. The Morgan fingerprint density at radius 1 is 1.45 bits per heavy atom. The monoisotopic (exact) mass is 281 g/mol. The molecule has 1 aliphatic carbocycles. The van der Waals surface area contributed by atoms with Crippen molar-refractivity contribution in [2.45, 2.75) is 58.0 Å². The van der Waals surface area contributed by atoms with Crippen molar-refractivity contribution in [1.82, 2.24) is 10.1 Å². The van der Waals surface area contributed by atoms with Gasteiger partial charge in [-0.25, -0.2) is 0 Å². The summed E-state index contributed by atoms with van der Waals surface area (Å²) in [5.74, 6) is 2.67. The summed E-state index contributed by atoms with van der Waals surface area (Å²) in [6, 6.07) is 0. The fourth-order valence-corrected chi connectivity index (χ4v) is 2.78. The molecule has 1 unspecified atom stereocenters. The Labute approximate surface area is 121 Å². The Hall–Kier alpha value is -0.940. The first kappa shape index (κ1) is 15.4. The molecule has 1 fully saturated rings. The lowest BCUT2D eigenvalue weighted by Gasteiger charge is -2.35. The van der Waals surface area contributed by atoms with Crippen molar-refractivity contribution in [2.75, 3.05) is 13.7 Å². The van der Waals surface area contributed by atoms with Gasteiger partial charge in [0.15, 0.2) is 0 Å². The second-order valence-corrected chi connectivity index (χ2v) is 6.27. The van der Waals surface area contributed by atoms with Gasteiger partial charge in [0.05, 0.1) is 0 Å². The van der Waals surface area contributed by atoms with Crippen LogP contribution in [0.25, 0.3) is 0 Å². The van der Waals surface area contributed by atoms with Crippen LogP contribution in [0.15, 0.2) is 4.52 Å². The highest BCUT2D eigenvalue weighted by Gasteiger charge is 2.40. The molecule has 1 aliphatic rings. The lowest BCUT2D eigenvalue weighted by Crippen LogP contribution is -2.34. The number of ether oxygens (including phenoxy) is 1. The fourth-order valence-electron chi connectivity index (χ4n) is 2.78. The average Bonchev–Trinajstić information content (AvgIpc) is 2.95. The maximum Gasteiger partial charge on any atom is 0.226 e. The van der Waals surface area contributed by atoms with Gasteiger partial charge in [-0.15, -0.1) is 0 Å². The van der Waals surface area contributed by atoms with E-state index in [-0.39, 0.29) is 5.60 Å². The summed E-state index contributed by atoms with van der Waals surface area (Å²) >= 11 is 0. The normalized spacial score (nSPS) is 28.5. The summed E-state index contributed by atoms with van der Waals surface area (Å²) < 4.78 is 11.2. The molecule has 1 aromatic rings. The van der Waals surface area contributed by atoms with Gasteiger partial charge >= 0.3 is 0 Å². The highest BCUT2D eigenvalue weighted by Crippen LogP contribution is 2.40. The maximum absolute atomic E-state index is 5.77. The van der Waals surface area contributed by atoms with E-state index < -0.39 is 0 Å². The number of rotatable bonds is 6. The van der Waals surface area contributed by atoms with Crippen molar-refractivity contribution in [1.29, 1.82) is 0 Å².